The molecule has 3 nitrogen and oxygen atoms in total. The summed E-state index contributed by atoms with van der Waals surface area (Å²) in [4.78, 5) is 0. The van der Waals surface area contributed by atoms with E-state index in [1.165, 1.54) is 6.07 Å². The van der Waals surface area contributed by atoms with Crippen LogP contribution < -0.4 is 4.74 Å². The molecule has 0 spiro atoms. The number of para-hydroxylation sites is 1. The third kappa shape index (κ3) is 5.46. The maximum atomic E-state index is 14.0. The highest BCUT2D eigenvalue weighted by Crippen LogP contribution is 2.40. The van der Waals surface area contributed by atoms with Crippen molar-refractivity contribution in [2.75, 3.05) is 6.61 Å². The van der Waals surface area contributed by atoms with Crippen molar-refractivity contribution in [3.05, 3.63) is 100 Å². The predicted octanol–water partition coefficient (Wildman–Crippen LogP) is 9.93. The SMILES string of the molecule is CCCCCc1c(-c2ccc3c(Br)c(OCC#N)ccc3c2)n(Cc2ccccc2C(F)(F)F)c2ccccc12. The Morgan fingerprint density at radius 3 is 2.48 bits per heavy atom. The van der Waals surface area contributed by atoms with Crippen LogP contribution in [0.3, 0.4) is 0 Å². The molecule has 0 bridgehead atoms. The lowest BCUT2D eigenvalue weighted by Gasteiger charge is -2.17. The van der Waals surface area contributed by atoms with Crippen molar-refractivity contribution in [1.29, 1.82) is 5.26 Å². The molecule has 204 valence electrons. The quantitative estimate of drug-likeness (QED) is 0.157. The second kappa shape index (κ2) is 11.8. The zero-order valence-electron chi connectivity index (χ0n) is 22.1. The largest absolute Gasteiger partial charge is 0.478 e. The van der Waals surface area contributed by atoms with Crippen LogP contribution in [-0.4, -0.2) is 11.2 Å². The van der Waals surface area contributed by atoms with Crippen LogP contribution in [0.5, 0.6) is 5.75 Å². The highest BCUT2D eigenvalue weighted by Gasteiger charge is 2.33. The van der Waals surface area contributed by atoms with Crippen molar-refractivity contribution in [3.63, 3.8) is 0 Å². The minimum absolute atomic E-state index is 0.0528. The van der Waals surface area contributed by atoms with Gasteiger partial charge >= 0.3 is 6.18 Å². The molecule has 0 unspecified atom stereocenters. The molecule has 1 heterocycles. The summed E-state index contributed by atoms with van der Waals surface area (Å²) in [6, 6.07) is 25.7. The van der Waals surface area contributed by atoms with Gasteiger partial charge < -0.3 is 9.30 Å². The van der Waals surface area contributed by atoms with Gasteiger partial charge in [0.05, 0.1) is 15.7 Å². The second-order valence-corrected chi connectivity index (χ2v) is 10.6. The molecule has 0 fully saturated rings. The number of aromatic nitrogens is 1. The maximum Gasteiger partial charge on any atom is 0.416 e. The average Bonchev–Trinajstić information content (AvgIpc) is 3.25. The van der Waals surface area contributed by atoms with E-state index in [-0.39, 0.29) is 18.7 Å². The minimum atomic E-state index is -4.44. The van der Waals surface area contributed by atoms with Crippen LogP contribution in [0.2, 0.25) is 0 Å². The standard InChI is InChI=1S/C33H28BrF3N2O/c1-2-3-4-11-27-26-10-6-8-13-29(26)39(21-24-9-5-7-12-28(24)33(35,36)37)32(27)23-14-16-25-22(20-23)15-17-30(31(25)34)40-19-18-38/h5-10,12-17,20H,2-4,11,19,21H2,1H3. The Morgan fingerprint density at radius 1 is 0.925 bits per heavy atom. The Bertz CT molecular complexity index is 1720. The summed E-state index contributed by atoms with van der Waals surface area (Å²) in [5, 5.41) is 11.9. The van der Waals surface area contributed by atoms with Crippen LogP contribution in [0, 0.1) is 11.3 Å². The van der Waals surface area contributed by atoms with Crippen molar-refractivity contribution in [2.24, 2.45) is 0 Å². The maximum absolute atomic E-state index is 14.0. The summed E-state index contributed by atoms with van der Waals surface area (Å²) in [6.07, 6.45) is -0.459. The van der Waals surface area contributed by atoms with Crippen molar-refractivity contribution in [1.82, 2.24) is 4.57 Å². The zero-order chi connectivity index (χ0) is 28.3. The van der Waals surface area contributed by atoms with Gasteiger partial charge in [-0.05, 0) is 80.5 Å². The lowest BCUT2D eigenvalue weighted by molar-refractivity contribution is -0.138. The molecule has 0 saturated carbocycles. The Hall–Kier alpha value is -3.76. The molecule has 0 atom stereocenters. The van der Waals surface area contributed by atoms with E-state index < -0.39 is 11.7 Å². The summed E-state index contributed by atoms with van der Waals surface area (Å²) in [5.41, 5.74) is 3.58. The Balaban J connectivity index is 1.72. The van der Waals surface area contributed by atoms with E-state index in [2.05, 4.69) is 35.0 Å². The van der Waals surface area contributed by atoms with Crippen molar-refractivity contribution >= 4 is 37.6 Å². The van der Waals surface area contributed by atoms with Gasteiger partial charge in [0.1, 0.15) is 11.8 Å². The number of aryl methyl sites for hydroxylation is 1. The first-order valence-electron chi connectivity index (χ1n) is 13.3. The fourth-order valence-electron chi connectivity index (χ4n) is 5.42. The molecule has 40 heavy (non-hydrogen) atoms. The first-order valence-corrected chi connectivity index (χ1v) is 14.1. The first kappa shape index (κ1) is 27.8. The van der Waals surface area contributed by atoms with E-state index in [4.69, 9.17) is 10.00 Å². The average molecular weight is 605 g/mol. The monoisotopic (exact) mass is 604 g/mol. The highest BCUT2D eigenvalue weighted by atomic mass is 79.9. The number of hydrogen-bond acceptors (Lipinski definition) is 2. The highest BCUT2D eigenvalue weighted by molar-refractivity contribution is 9.10. The molecule has 0 N–H and O–H groups in total. The van der Waals surface area contributed by atoms with Crippen LogP contribution in [0.15, 0.2) is 83.3 Å². The summed E-state index contributed by atoms with van der Waals surface area (Å²) in [6.45, 7) is 2.21. The lowest BCUT2D eigenvalue weighted by Crippen LogP contribution is -2.12. The van der Waals surface area contributed by atoms with Gasteiger partial charge in [-0.3, -0.25) is 0 Å². The molecule has 1 aromatic heterocycles. The number of alkyl halides is 3. The molecule has 4 aromatic carbocycles. The van der Waals surface area contributed by atoms with E-state index in [0.29, 0.717) is 5.75 Å². The van der Waals surface area contributed by atoms with E-state index in [1.807, 2.05) is 53.1 Å². The molecule has 0 amide bonds. The number of nitriles is 1. The van der Waals surface area contributed by atoms with Gasteiger partial charge in [0.25, 0.3) is 0 Å². The van der Waals surface area contributed by atoms with Crippen molar-refractivity contribution in [2.45, 2.75) is 45.3 Å². The number of halogens is 4. The number of rotatable bonds is 9. The van der Waals surface area contributed by atoms with Crippen molar-refractivity contribution in [3.8, 4) is 23.1 Å². The molecular formula is C33H28BrF3N2O. The smallest absolute Gasteiger partial charge is 0.416 e. The number of fused-ring (bicyclic) bond motifs is 2. The number of ether oxygens (including phenoxy) is 1. The van der Waals surface area contributed by atoms with Gasteiger partial charge in [-0.25, -0.2) is 0 Å². The van der Waals surface area contributed by atoms with Gasteiger partial charge in [0, 0.05) is 17.4 Å². The van der Waals surface area contributed by atoms with E-state index >= 15 is 0 Å². The fraction of sp³-hybridized carbons (Fsp3) is 0.242. The van der Waals surface area contributed by atoms with Crippen LogP contribution in [0.4, 0.5) is 13.2 Å². The number of benzene rings is 4. The lowest BCUT2D eigenvalue weighted by atomic mass is 9.98. The molecule has 0 aliphatic rings. The summed E-state index contributed by atoms with van der Waals surface area (Å²) >= 11 is 3.62. The molecule has 5 aromatic rings. The normalized spacial score (nSPS) is 11.7. The number of hydrogen-bond donors (Lipinski definition) is 0. The van der Waals surface area contributed by atoms with Crippen LogP contribution >= 0.6 is 15.9 Å². The molecule has 0 saturated heterocycles. The van der Waals surface area contributed by atoms with Gasteiger partial charge in [-0.2, -0.15) is 18.4 Å². The van der Waals surface area contributed by atoms with Gasteiger partial charge in [-0.1, -0.05) is 74.4 Å². The van der Waals surface area contributed by atoms with Crippen LogP contribution in [0.1, 0.15) is 42.9 Å². The zero-order valence-corrected chi connectivity index (χ0v) is 23.6. The van der Waals surface area contributed by atoms with Gasteiger partial charge in [0.2, 0.25) is 0 Å². The van der Waals surface area contributed by atoms with E-state index in [1.54, 1.807) is 12.1 Å². The van der Waals surface area contributed by atoms with Gasteiger partial charge in [0.15, 0.2) is 6.61 Å². The molecule has 0 aliphatic heterocycles. The van der Waals surface area contributed by atoms with Crippen LogP contribution in [0.25, 0.3) is 32.9 Å². The summed E-state index contributed by atoms with van der Waals surface area (Å²) < 4.78 is 50.3. The van der Waals surface area contributed by atoms with E-state index in [0.717, 1.165) is 74.7 Å². The Morgan fingerprint density at radius 2 is 1.70 bits per heavy atom. The number of unbranched alkanes of at least 4 members (excludes halogenated alkanes) is 2. The third-order valence-corrected chi connectivity index (χ3v) is 8.06. The van der Waals surface area contributed by atoms with E-state index in [9.17, 15) is 13.2 Å². The first-order chi connectivity index (χ1) is 19.3. The second-order valence-electron chi connectivity index (χ2n) is 9.80. The Labute approximate surface area is 239 Å². The summed E-state index contributed by atoms with van der Waals surface area (Å²) in [7, 11) is 0. The molecular weight excluding hydrogens is 577 g/mol. The van der Waals surface area contributed by atoms with Gasteiger partial charge in [-0.15, -0.1) is 0 Å². The third-order valence-electron chi connectivity index (χ3n) is 7.24. The van der Waals surface area contributed by atoms with Crippen molar-refractivity contribution < 1.29 is 17.9 Å². The molecule has 0 radical (unpaired) electrons. The summed E-state index contributed by atoms with van der Waals surface area (Å²) in [5.74, 6) is 0.583. The molecule has 7 heteroatoms. The van der Waals surface area contributed by atoms with Crippen LogP contribution in [-0.2, 0) is 19.1 Å². The molecule has 5 rings (SSSR count). The predicted molar refractivity (Wildman–Crippen MR) is 157 cm³/mol. The topological polar surface area (TPSA) is 37.9 Å². The minimum Gasteiger partial charge on any atom is -0.478 e. The molecule has 0 aliphatic carbocycles. The fourth-order valence-corrected chi connectivity index (χ4v) is 6.03. The Kier molecular flexibility index (Phi) is 8.18. The number of nitrogens with zero attached hydrogens (tertiary/aromatic N) is 2.